The molecule has 2 rings (SSSR count). The molecule has 82 valence electrons. The summed E-state index contributed by atoms with van der Waals surface area (Å²) in [5.41, 5.74) is 3.27. The van der Waals surface area contributed by atoms with Gasteiger partial charge >= 0.3 is 0 Å². The zero-order valence-corrected chi connectivity index (χ0v) is 9.81. The van der Waals surface area contributed by atoms with Gasteiger partial charge in [-0.2, -0.15) is 0 Å². The molecule has 2 aromatic heterocycles. The van der Waals surface area contributed by atoms with Crippen LogP contribution in [0.3, 0.4) is 0 Å². The molecule has 0 aromatic carbocycles. The summed E-state index contributed by atoms with van der Waals surface area (Å²) in [5, 5.41) is 0. The molecular weight excluding hydrogens is 198 g/mol. The number of pyridine rings is 1. The zero-order chi connectivity index (χ0) is 11.5. The Morgan fingerprint density at radius 1 is 1.12 bits per heavy atom. The van der Waals surface area contributed by atoms with Gasteiger partial charge in [-0.05, 0) is 30.5 Å². The molecule has 0 atom stereocenters. The van der Waals surface area contributed by atoms with Crippen LogP contribution in [0.4, 0.5) is 0 Å². The largest absolute Gasteiger partial charge is 0.265 e. The Kier molecular flexibility index (Phi) is 2.95. The monoisotopic (exact) mass is 213 g/mol. The number of aromatic nitrogens is 3. The second kappa shape index (κ2) is 4.39. The van der Waals surface area contributed by atoms with E-state index in [0.717, 1.165) is 17.1 Å². The minimum absolute atomic E-state index is 0.464. The van der Waals surface area contributed by atoms with E-state index < -0.39 is 0 Å². The third-order valence-corrected chi connectivity index (χ3v) is 2.58. The highest BCUT2D eigenvalue weighted by atomic mass is 14.9. The van der Waals surface area contributed by atoms with Gasteiger partial charge in [-0.15, -0.1) is 0 Å². The molecule has 0 aliphatic rings. The molecule has 3 nitrogen and oxygen atoms in total. The minimum Gasteiger partial charge on any atom is -0.265 e. The molecule has 16 heavy (non-hydrogen) atoms. The van der Waals surface area contributed by atoms with E-state index in [2.05, 4.69) is 28.8 Å². The molecule has 0 radical (unpaired) electrons. The number of nitrogens with zero attached hydrogens (tertiary/aromatic N) is 3. The van der Waals surface area contributed by atoms with Gasteiger partial charge in [0.15, 0.2) is 5.82 Å². The molecule has 0 amide bonds. The van der Waals surface area contributed by atoms with Crippen LogP contribution in [0.5, 0.6) is 0 Å². The van der Waals surface area contributed by atoms with E-state index >= 15 is 0 Å². The van der Waals surface area contributed by atoms with Gasteiger partial charge in [0.05, 0.1) is 0 Å². The number of hydrogen-bond donors (Lipinski definition) is 0. The first-order chi connectivity index (χ1) is 7.68. The highest BCUT2D eigenvalue weighted by Crippen LogP contribution is 2.19. The quantitative estimate of drug-likeness (QED) is 0.769. The SMILES string of the molecule is Cc1nc(-c2ccncc2)ncc1C(C)C. The van der Waals surface area contributed by atoms with Crippen molar-refractivity contribution in [3.63, 3.8) is 0 Å². The maximum absolute atomic E-state index is 4.53. The first-order valence-corrected chi connectivity index (χ1v) is 5.42. The standard InChI is InChI=1S/C13H15N3/c1-9(2)12-8-15-13(16-10(12)3)11-4-6-14-7-5-11/h4-9H,1-3H3. The Labute approximate surface area is 95.6 Å². The second-order valence-corrected chi connectivity index (χ2v) is 4.12. The van der Waals surface area contributed by atoms with Crippen molar-refractivity contribution in [1.29, 1.82) is 0 Å². The fraction of sp³-hybridized carbons (Fsp3) is 0.308. The maximum Gasteiger partial charge on any atom is 0.159 e. The molecule has 0 aliphatic carbocycles. The topological polar surface area (TPSA) is 38.7 Å². The van der Waals surface area contributed by atoms with Crippen LogP contribution in [0, 0.1) is 6.92 Å². The van der Waals surface area contributed by atoms with Gasteiger partial charge in [0.25, 0.3) is 0 Å². The van der Waals surface area contributed by atoms with E-state index in [4.69, 9.17) is 0 Å². The van der Waals surface area contributed by atoms with Gasteiger partial charge in [-0.3, -0.25) is 4.98 Å². The van der Waals surface area contributed by atoms with Crippen molar-refractivity contribution in [2.24, 2.45) is 0 Å². The first kappa shape index (κ1) is 10.7. The van der Waals surface area contributed by atoms with Crippen LogP contribution in [0.25, 0.3) is 11.4 Å². The van der Waals surface area contributed by atoms with Crippen LogP contribution >= 0.6 is 0 Å². The van der Waals surface area contributed by atoms with E-state index in [1.54, 1.807) is 12.4 Å². The first-order valence-electron chi connectivity index (χ1n) is 5.42. The molecule has 2 heterocycles. The van der Waals surface area contributed by atoms with Crippen molar-refractivity contribution in [3.8, 4) is 11.4 Å². The fourth-order valence-electron chi connectivity index (χ4n) is 1.68. The van der Waals surface area contributed by atoms with Gasteiger partial charge in [0.2, 0.25) is 0 Å². The lowest BCUT2D eigenvalue weighted by molar-refractivity contribution is 0.830. The van der Waals surface area contributed by atoms with Crippen LogP contribution < -0.4 is 0 Å². The third-order valence-electron chi connectivity index (χ3n) is 2.58. The molecule has 0 saturated heterocycles. The molecular formula is C13H15N3. The van der Waals surface area contributed by atoms with Crippen LogP contribution in [-0.4, -0.2) is 15.0 Å². The normalized spacial score (nSPS) is 10.8. The van der Waals surface area contributed by atoms with Gasteiger partial charge in [-0.1, -0.05) is 13.8 Å². The predicted octanol–water partition coefficient (Wildman–Crippen LogP) is 2.97. The molecule has 0 N–H and O–H groups in total. The predicted molar refractivity (Wildman–Crippen MR) is 64.1 cm³/mol. The molecule has 0 bridgehead atoms. The van der Waals surface area contributed by atoms with Gasteiger partial charge in [0, 0.05) is 29.8 Å². The van der Waals surface area contributed by atoms with Crippen molar-refractivity contribution < 1.29 is 0 Å². The number of rotatable bonds is 2. The molecule has 0 saturated carbocycles. The smallest absolute Gasteiger partial charge is 0.159 e. The van der Waals surface area contributed by atoms with E-state index in [1.165, 1.54) is 5.56 Å². The van der Waals surface area contributed by atoms with Crippen molar-refractivity contribution in [2.45, 2.75) is 26.7 Å². The summed E-state index contributed by atoms with van der Waals surface area (Å²) in [6, 6.07) is 3.84. The Morgan fingerprint density at radius 2 is 1.81 bits per heavy atom. The van der Waals surface area contributed by atoms with Crippen LogP contribution in [0.2, 0.25) is 0 Å². The van der Waals surface area contributed by atoms with Gasteiger partial charge in [0.1, 0.15) is 0 Å². The fourth-order valence-corrected chi connectivity index (χ4v) is 1.68. The summed E-state index contributed by atoms with van der Waals surface area (Å²) in [7, 11) is 0. The van der Waals surface area contributed by atoms with Gasteiger partial charge in [-0.25, -0.2) is 9.97 Å². The Balaban J connectivity index is 2.43. The Bertz CT molecular complexity index is 478. The molecule has 3 heteroatoms. The lowest BCUT2D eigenvalue weighted by Gasteiger charge is -2.09. The number of aryl methyl sites for hydroxylation is 1. The van der Waals surface area contributed by atoms with Crippen molar-refractivity contribution in [1.82, 2.24) is 15.0 Å². The summed E-state index contributed by atoms with van der Waals surface area (Å²) in [6.45, 7) is 6.33. The van der Waals surface area contributed by atoms with E-state index in [-0.39, 0.29) is 0 Å². The van der Waals surface area contributed by atoms with E-state index in [0.29, 0.717) is 5.92 Å². The third kappa shape index (κ3) is 2.08. The molecule has 0 fully saturated rings. The van der Waals surface area contributed by atoms with Crippen molar-refractivity contribution in [2.75, 3.05) is 0 Å². The minimum atomic E-state index is 0.464. The molecule has 0 aliphatic heterocycles. The summed E-state index contributed by atoms with van der Waals surface area (Å²) >= 11 is 0. The lowest BCUT2D eigenvalue weighted by Crippen LogP contribution is -1.99. The lowest BCUT2D eigenvalue weighted by atomic mass is 10.0. The average Bonchev–Trinajstić information content (AvgIpc) is 2.29. The van der Waals surface area contributed by atoms with Crippen molar-refractivity contribution >= 4 is 0 Å². The summed E-state index contributed by atoms with van der Waals surface area (Å²) in [4.78, 5) is 12.9. The molecule has 2 aromatic rings. The van der Waals surface area contributed by atoms with Crippen molar-refractivity contribution in [3.05, 3.63) is 42.0 Å². The van der Waals surface area contributed by atoms with Crippen LogP contribution in [0.1, 0.15) is 31.0 Å². The summed E-state index contributed by atoms with van der Waals surface area (Å²) < 4.78 is 0. The van der Waals surface area contributed by atoms with Crippen LogP contribution in [0.15, 0.2) is 30.7 Å². The summed E-state index contributed by atoms with van der Waals surface area (Å²) in [6.07, 6.45) is 5.43. The molecule has 0 spiro atoms. The highest BCUT2D eigenvalue weighted by Gasteiger charge is 2.07. The van der Waals surface area contributed by atoms with E-state index in [9.17, 15) is 0 Å². The average molecular weight is 213 g/mol. The summed E-state index contributed by atoms with van der Waals surface area (Å²) in [5.74, 6) is 1.23. The Hall–Kier alpha value is -1.77. The van der Waals surface area contributed by atoms with Crippen LogP contribution in [-0.2, 0) is 0 Å². The zero-order valence-electron chi connectivity index (χ0n) is 9.81. The van der Waals surface area contributed by atoms with E-state index in [1.807, 2.05) is 25.3 Å². The second-order valence-electron chi connectivity index (χ2n) is 4.12. The highest BCUT2D eigenvalue weighted by molar-refractivity contribution is 5.53. The maximum atomic E-state index is 4.53. The van der Waals surface area contributed by atoms with Gasteiger partial charge < -0.3 is 0 Å². The Morgan fingerprint density at radius 3 is 2.38 bits per heavy atom. The molecule has 0 unspecified atom stereocenters. The number of hydrogen-bond acceptors (Lipinski definition) is 3.